The molecule has 1 atom stereocenters. The standard InChI is InChI=1S/C12H12ClFN2/c1-3-6-16-11-5-4-9(14)7-10(11)15-12(16)8(2)13/h3-5,7-8H,1,6H2,2H3. The van der Waals surface area contributed by atoms with Crippen molar-refractivity contribution >= 4 is 22.6 Å². The molecule has 0 bridgehead atoms. The molecule has 1 heterocycles. The molecule has 0 aliphatic carbocycles. The number of hydrogen-bond donors (Lipinski definition) is 0. The number of nitrogens with zero attached hydrogens (tertiary/aromatic N) is 2. The van der Waals surface area contributed by atoms with Crippen molar-refractivity contribution in [2.75, 3.05) is 0 Å². The van der Waals surface area contributed by atoms with E-state index in [1.54, 1.807) is 12.1 Å². The van der Waals surface area contributed by atoms with E-state index in [1.807, 2.05) is 11.5 Å². The largest absolute Gasteiger partial charge is 0.323 e. The lowest BCUT2D eigenvalue weighted by Crippen LogP contribution is -2.02. The van der Waals surface area contributed by atoms with Gasteiger partial charge in [-0.05, 0) is 19.1 Å². The molecule has 1 aromatic heterocycles. The molecule has 0 fully saturated rings. The zero-order valence-electron chi connectivity index (χ0n) is 8.95. The van der Waals surface area contributed by atoms with Crippen molar-refractivity contribution in [3.8, 4) is 0 Å². The van der Waals surface area contributed by atoms with Crippen molar-refractivity contribution in [2.45, 2.75) is 18.8 Å². The van der Waals surface area contributed by atoms with Crippen LogP contribution in [-0.4, -0.2) is 9.55 Å². The lowest BCUT2D eigenvalue weighted by Gasteiger charge is -2.07. The van der Waals surface area contributed by atoms with Crippen LogP contribution in [0.5, 0.6) is 0 Å². The van der Waals surface area contributed by atoms with E-state index in [9.17, 15) is 4.39 Å². The van der Waals surface area contributed by atoms with Crippen molar-refractivity contribution in [2.24, 2.45) is 0 Å². The van der Waals surface area contributed by atoms with Gasteiger partial charge in [0.2, 0.25) is 0 Å². The molecule has 0 saturated carbocycles. The first kappa shape index (κ1) is 11.1. The number of imidazole rings is 1. The molecule has 2 rings (SSSR count). The molecule has 1 unspecified atom stereocenters. The highest BCUT2D eigenvalue weighted by Crippen LogP contribution is 2.24. The van der Waals surface area contributed by atoms with Crippen LogP contribution in [-0.2, 0) is 6.54 Å². The monoisotopic (exact) mass is 238 g/mol. The summed E-state index contributed by atoms with van der Waals surface area (Å²) in [6.45, 7) is 6.16. The number of hydrogen-bond acceptors (Lipinski definition) is 1. The summed E-state index contributed by atoms with van der Waals surface area (Å²) in [6, 6.07) is 4.55. The highest BCUT2D eigenvalue weighted by atomic mass is 35.5. The van der Waals surface area contributed by atoms with Crippen LogP contribution < -0.4 is 0 Å². The van der Waals surface area contributed by atoms with Gasteiger partial charge in [-0.2, -0.15) is 0 Å². The predicted molar refractivity (Wildman–Crippen MR) is 64.2 cm³/mol. The normalized spacial score (nSPS) is 12.9. The molecule has 0 saturated heterocycles. The lowest BCUT2D eigenvalue weighted by molar-refractivity contribution is 0.629. The maximum Gasteiger partial charge on any atom is 0.128 e. The Morgan fingerprint density at radius 2 is 2.38 bits per heavy atom. The summed E-state index contributed by atoms with van der Waals surface area (Å²) in [5.41, 5.74) is 1.51. The van der Waals surface area contributed by atoms with Gasteiger partial charge in [0.1, 0.15) is 11.6 Å². The van der Waals surface area contributed by atoms with Crippen LogP contribution in [0.2, 0.25) is 0 Å². The molecule has 0 N–H and O–H groups in total. The molecule has 84 valence electrons. The van der Waals surface area contributed by atoms with Gasteiger partial charge >= 0.3 is 0 Å². The third-order valence-electron chi connectivity index (χ3n) is 2.41. The minimum Gasteiger partial charge on any atom is -0.323 e. The Morgan fingerprint density at radius 1 is 1.62 bits per heavy atom. The molecular weight excluding hydrogens is 227 g/mol. The summed E-state index contributed by atoms with van der Waals surface area (Å²) >= 11 is 6.04. The van der Waals surface area contributed by atoms with E-state index in [2.05, 4.69) is 11.6 Å². The van der Waals surface area contributed by atoms with Crippen LogP contribution in [0.1, 0.15) is 18.1 Å². The second kappa shape index (κ2) is 4.26. The average molecular weight is 239 g/mol. The lowest BCUT2D eigenvalue weighted by atomic mass is 10.3. The van der Waals surface area contributed by atoms with E-state index in [0.717, 1.165) is 11.3 Å². The average Bonchev–Trinajstić information content (AvgIpc) is 2.57. The molecule has 0 spiro atoms. The van der Waals surface area contributed by atoms with Crippen LogP contribution in [0, 0.1) is 5.82 Å². The van der Waals surface area contributed by atoms with E-state index in [0.29, 0.717) is 12.1 Å². The van der Waals surface area contributed by atoms with Gasteiger partial charge in [0.25, 0.3) is 0 Å². The van der Waals surface area contributed by atoms with Crippen LogP contribution in [0.3, 0.4) is 0 Å². The van der Waals surface area contributed by atoms with Crippen LogP contribution in [0.25, 0.3) is 11.0 Å². The number of alkyl halides is 1. The summed E-state index contributed by atoms with van der Waals surface area (Å²) in [5, 5.41) is -0.213. The van der Waals surface area contributed by atoms with Crippen molar-refractivity contribution in [3.05, 3.63) is 42.5 Å². The maximum absolute atomic E-state index is 13.1. The summed E-state index contributed by atoms with van der Waals surface area (Å²) in [5.74, 6) is 0.451. The Kier molecular flexibility index (Phi) is 2.97. The first-order valence-corrected chi connectivity index (χ1v) is 5.47. The van der Waals surface area contributed by atoms with Gasteiger partial charge < -0.3 is 4.57 Å². The number of rotatable bonds is 3. The molecule has 4 heteroatoms. The van der Waals surface area contributed by atoms with Crippen molar-refractivity contribution in [1.82, 2.24) is 9.55 Å². The highest BCUT2D eigenvalue weighted by Gasteiger charge is 2.14. The van der Waals surface area contributed by atoms with Crippen LogP contribution >= 0.6 is 11.6 Å². The number of aromatic nitrogens is 2. The van der Waals surface area contributed by atoms with Gasteiger partial charge in [-0.1, -0.05) is 6.08 Å². The van der Waals surface area contributed by atoms with Crippen LogP contribution in [0.15, 0.2) is 30.9 Å². The van der Waals surface area contributed by atoms with E-state index in [4.69, 9.17) is 11.6 Å². The topological polar surface area (TPSA) is 17.8 Å². The zero-order valence-corrected chi connectivity index (χ0v) is 9.71. The van der Waals surface area contributed by atoms with Crippen LogP contribution in [0.4, 0.5) is 4.39 Å². The third kappa shape index (κ3) is 1.83. The SMILES string of the molecule is C=CCn1c(C(C)Cl)nc2cc(F)ccc21. The number of halogens is 2. The van der Waals surface area contributed by atoms with Crippen molar-refractivity contribution < 1.29 is 4.39 Å². The van der Waals surface area contributed by atoms with Gasteiger partial charge in [-0.25, -0.2) is 9.37 Å². The summed E-state index contributed by atoms with van der Waals surface area (Å²) in [4.78, 5) is 4.33. The Bertz CT molecular complexity index is 531. The molecule has 16 heavy (non-hydrogen) atoms. The second-order valence-corrected chi connectivity index (χ2v) is 4.27. The Morgan fingerprint density at radius 3 is 3.00 bits per heavy atom. The van der Waals surface area contributed by atoms with Crippen molar-refractivity contribution in [3.63, 3.8) is 0 Å². The Hall–Kier alpha value is -1.35. The maximum atomic E-state index is 13.1. The molecule has 0 aliphatic rings. The minimum absolute atomic E-state index is 0.213. The fraction of sp³-hybridized carbons (Fsp3) is 0.250. The van der Waals surface area contributed by atoms with E-state index in [-0.39, 0.29) is 11.2 Å². The van der Waals surface area contributed by atoms with E-state index in [1.165, 1.54) is 12.1 Å². The number of allylic oxidation sites excluding steroid dienone is 1. The number of fused-ring (bicyclic) bond motifs is 1. The molecule has 0 amide bonds. The first-order valence-electron chi connectivity index (χ1n) is 5.04. The molecule has 2 nitrogen and oxygen atoms in total. The Balaban J connectivity index is 2.70. The van der Waals surface area contributed by atoms with Gasteiger partial charge in [0.15, 0.2) is 0 Å². The quantitative estimate of drug-likeness (QED) is 0.589. The van der Waals surface area contributed by atoms with Gasteiger partial charge in [-0.15, -0.1) is 18.2 Å². The second-order valence-electron chi connectivity index (χ2n) is 3.62. The first-order chi connectivity index (χ1) is 7.63. The molecular formula is C12H12ClFN2. The summed E-state index contributed by atoms with van der Waals surface area (Å²) in [7, 11) is 0. The van der Waals surface area contributed by atoms with Gasteiger partial charge in [-0.3, -0.25) is 0 Å². The summed E-state index contributed by atoms with van der Waals surface area (Å²) < 4.78 is 15.0. The number of benzene rings is 1. The highest BCUT2D eigenvalue weighted by molar-refractivity contribution is 6.20. The Labute approximate surface area is 98.4 Å². The molecule has 0 aliphatic heterocycles. The van der Waals surface area contributed by atoms with E-state index < -0.39 is 0 Å². The third-order valence-corrected chi connectivity index (χ3v) is 2.60. The van der Waals surface area contributed by atoms with Gasteiger partial charge in [0, 0.05) is 12.6 Å². The van der Waals surface area contributed by atoms with Crippen molar-refractivity contribution in [1.29, 1.82) is 0 Å². The molecule has 0 radical (unpaired) electrons. The molecule has 1 aromatic carbocycles. The fourth-order valence-electron chi connectivity index (χ4n) is 1.75. The molecule has 2 aromatic rings. The smallest absolute Gasteiger partial charge is 0.128 e. The van der Waals surface area contributed by atoms with Gasteiger partial charge in [0.05, 0.1) is 16.4 Å². The predicted octanol–water partition coefficient (Wildman–Crippen LogP) is 3.66. The minimum atomic E-state index is -0.287. The fourth-order valence-corrected chi connectivity index (χ4v) is 1.91. The zero-order chi connectivity index (χ0) is 11.7. The summed E-state index contributed by atoms with van der Waals surface area (Å²) in [6.07, 6.45) is 1.77. The van der Waals surface area contributed by atoms with E-state index >= 15 is 0 Å².